The van der Waals surface area contributed by atoms with Crippen molar-refractivity contribution in [2.45, 2.75) is 6.54 Å². The van der Waals surface area contributed by atoms with Gasteiger partial charge < -0.3 is 19.9 Å². The van der Waals surface area contributed by atoms with Gasteiger partial charge >= 0.3 is 0 Å². The highest BCUT2D eigenvalue weighted by Gasteiger charge is 2.11. The lowest BCUT2D eigenvalue weighted by Crippen LogP contribution is -2.28. The first kappa shape index (κ1) is 17.4. The second-order valence-electron chi connectivity index (χ2n) is 5.51. The van der Waals surface area contributed by atoms with Gasteiger partial charge in [0.05, 0.1) is 18.5 Å². The molecule has 0 unspecified atom stereocenters. The minimum Gasteiger partial charge on any atom is -0.494 e. The first-order chi connectivity index (χ1) is 13.2. The van der Waals surface area contributed by atoms with Gasteiger partial charge in [0.2, 0.25) is 11.7 Å². The van der Waals surface area contributed by atoms with E-state index in [1.54, 1.807) is 24.6 Å². The van der Waals surface area contributed by atoms with Gasteiger partial charge in [-0.2, -0.15) is 4.98 Å². The van der Waals surface area contributed by atoms with E-state index < -0.39 is 0 Å². The number of thiophene rings is 1. The number of pyridine rings is 1. The second-order valence-corrected chi connectivity index (χ2v) is 6.87. The number of hydrogen-bond donors (Lipinski definition) is 2. The van der Waals surface area contributed by atoms with E-state index in [1.807, 2.05) is 41.8 Å². The van der Waals surface area contributed by atoms with E-state index in [-0.39, 0.29) is 0 Å². The zero-order chi connectivity index (χ0) is 18.6. The van der Waals surface area contributed by atoms with Crippen LogP contribution in [0.3, 0.4) is 0 Å². The maximum absolute atomic E-state index is 5.38. The predicted molar refractivity (Wildman–Crippen MR) is 109 cm³/mol. The summed E-state index contributed by atoms with van der Waals surface area (Å²) in [6.45, 7) is 0.330. The zero-order valence-corrected chi connectivity index (χ0v) is 15.9. The van der Waals surface area contributed by atoms with Crippen molar-refractivity contribution in [1.82, 2.24) is 20.4 Å². The van der Waals surface area contributed by atoms with E-state index in [9.17, 15) is 0 Å². The van der Waals surface area contributed by atoms with Crippen LogP contribution in [-0.4, -0.2) is 27.3 Å². The number of thiocarbonyl (C=S) groups is 1. The van der Waals surface area contributed by atoms with Gasteiger partial charge in [-0.3, -0.25) is 4.98 Å². The molecule has 0 bridgehead atoms. The van der Waals surface area contributed by atoms with E-state index >= 15 is 0 Å². The lowest BCUT2D eigenvalue weighted by molar-refractivity contribution is 0.376. The van der Waals surface area contributed by atoms with Crippen molar-refractivity contribution in [1.29, 1.82) is 0 Å². The fourth-order valence-corrected chi connectivity index (χ4v) is 3.41. The van der Waals surface area contributed by atoms with Crippen LogP contribution in [0.15, 0.2) is 52.5 Å². The van der Waals surface area contributed by atoms with Crippen molar-refractivity contribution in [2.24, 2.45) is 0 Å². The molecular formula is C18H15N5O2S2. The van der Waals surface area contributed by atoms with E-state index in [2.05, 4.69) is 25.8 Å². The summed E-state index contributed by atoms with van der Waals surface area (Å²) in [5, 5.41) is 13.6. The molecule has 0 amide bonds. The molecule has 4 aromatic rings. The van der Waals surface area contributed by atoms with Gasteiger partial charge in [0.25, 0.3) is 0 Å². The molecule has 9 heteroatoms. The third-order valence-corrected chi connectivity index (χ3v) is 4.92. The number of nitrogens with one attached hydrogen (secondary N) is 2. The Bertz CT molecular complexity index is 1080. The average molecular weight is 397 g/mol. The summed E-state index contributed by atoms with van der Waals surface area (Å²) in [5.41, 5.74) is 1.60. The highest BCUT2D eigenvalue weighted by molar-refractivity contribution is 7.80. The Morgan fingerprint density at radius 3 is 3.00 bits per heavy atom. The Morgan fingerprint density at radius 1 is 1.26 bits per heavy atom. The van der Waals surface area contributed by atoms with Crippen molar-refractivity contribution < 1.29 is 9.26 Å². The molecule has 4 rings (SSSR count). The molecule has 0 radical (unpaired) electrons. The fourth-order valence-electron chi connectivity index (χ4n) is 2.58. The summed E-state index contributed by atoms with van der Waals surface area (Å²) in [6, 6.07) is 11.5. The Kier molecular flexibility index (Phi) is 4.95. The van der Waals surface area contributed by atoms with Gasteiger partial charge in [-0.15, -0.1) is 11.3 Å². The first-order valence-corrected chi connectivity index (χ1v) is 9.36. The summed E-state index contributed by atoms with van der Waals surface area (Å²) in [7, 11) is 1.62. The molecule has 1 aromatic carbocycles. The standard InChI is InChI=1S/C18H15N5O2S2/c1-24-13-7-6-12(11-4-2-8-19-16(11)13)21-18(26)20-10-15-22-17(23-25-15)14-5-3-9-27-14/h2-9H,10H2,1H3,(H2,20,21,26). The van der Waals surface area contributed by atoms with Crippen LogP contribution in [0.25, 0.3) is 21.6 Å². The molecule has 7 nitrogen and oxygen atoms in total. The summed E-state index contributed by atoms with van der Waals surface area (Å²) >= 11 is 6.94. The molecule has 2 N–H and O–H groups in total. The Labute approximate surface area is 164 Å². The molecule has 27 heavy (non-hydrogen) atoms. The van der Waals surface area contributed by atoms with Crippen LogP contribution in [-0.2, 0) is 6.54 Å². The van der Waals surface area contributed by atoms with Crippen molar-refractivity contribution in [2.75, 3.05) is 12.4 Å². The maximum atomic E-state index is 5.38. The topological polar surface area (TPSA) is 85.1 Å². The minimum absolute atomic E-state index is 0.330. The summed E-state index contributed by atoms with van der Waals surface area (Å²) in [5.74, 6) is 1.75. The van der Waals surface area contributed by atoms with Crippen molar-refractivity contribution in [3.8, 4) is 16.5 Å². The van der Waals surface area contributed by atoms with E-state index in [0.717, 1.165) is 21.5 Å². The third-order valence-electron chi connectivity index (χ3n) is 3.81. The molecule has 0 atom stereocenters. The molecule has 0 saturated heterocycles. The van der Waals surface area contributed by atoms with Crippen LogP contribution in [0.2, 0.25) is 0 Å². The first-order valence-electron chi connectivity index (χ1n) is 8.07. The molecule has 0 saturated carbocycles. The second kappa shape index (κ2) is 7.68. The lowest BCUT2D eigenvalue weighted by Gasteiger charge is -2.13. The van der Waals surface area contributed by atoms with Crippen molar-refractivity contribution >= 4 is 45.3 Å². The molecule has 136 valence electrons. The van der Waals surface area contributed by atoms with Gasteiger partial charge in [-0.25, -0.2) is 0 Å². The van der Waals surface area contributed by atoms with Gasteiger partial charge in [-0.1, -0.05) is 11.2 Å². The third kappa shape index (κ3) is 3.74. The molecular weight excluding hydrogens is 382 g/mol. The van der Waals surface area contributed by atoms with Crippen molar-refractivity contribution in [3.63, 3.8) is 0 Å². The smallest absolute Gasteiger partial charge is 0.246 e. The number of benzene rings is 1. The number of hydrogen-bond acceptors (Lipinski definition) is 7. The number of nitrogens with zero attached hydrogens (tertiary/aromatic N) is 3. The van der Waals surface area contributed by atoms with Gasteiger partial charge in [-0.05, 0) is 47.9 Å². The van der Waals surface area contributed by atoms with Crippen LogP contribution < -0.4 is 15.4 Å². The minimum atomic E-state index is 0.330. The highest BCUT2D eigenvalue weighted by atomic mass is 32.1. The molecule has 0 aliphatic carbocycles. The van der Waals surface area contributed by atoms with Crippen LogP contribution in [0.1, 0.15) is 5.89 Å². The Hall–Kier alpha value is -3.04. The van der Waals surface area contributed by atoms with Crippen LogP contribution in [0, 0.1) is 0 Å². The number of methoxy groups -OCH3 is 1. The van der Waals surface area contributed by atoms with Crippen LogP contribution in [0.5, 0.6) is 5.75 Å². The lowest BCUT2D eigenvalue weighted by atomic mass is 10.1. The number of fused-ring (bicyclic) bond motifs is 1. The van der Waals surface area contributed by atoms with Crippen molar-refractivity contribution in [3.05, 3.63) is 53.9 Å². The van der Waals surface area contributed by atoms with Crippen LogP contribution >= 0.6 is 23.6 Å². The predicted octanol–water partition coefficient (Wildman–Crippen LogP) is 3.84. The maximum Gasteiger partial charge on any atom is 0.246 e. The monoisotopic (exact) mass is 397 g/mol. The quantitative estimate of drug-likeness (QED) is 0.491. The molecule has 3 aromatic heterocycles. The number of anilines is 1. The highest BCUT2D eigenvalue weighted by Crippen LogP contribution is 2.29. The fraction of sp³-hybridized carbons (Fsp3) is 0.111. The SMILES string of the molecule is COc1ccc(NC(=S)NCc2nc(-c3cccs3)no2)c2cccnc12. The van der Waals surface area contributed by atoms with Gasteiger partial charge in [0.15, 0.2) is 5.11 Å². The van der Waals surface area contributed by atoms with E-state index in [1.165, 1.54) is 0 Å². The molecule has 3 heterocycles. The molecule has 0 fully saturated rings. The number of rotatable bonds is 5. The van der Waals surface area contributed by atoms with E-state index in [0.29, 0.717) is 29.1 Å². The molecule has 0 spiro atoms. The van der Waals surface area contributed by atoms with E-state index in [4.69, 9.17) is 21.5 Å². The zero-order valence-electron chi connectivity index (χ0n) is 14.3. The summed E-state index contributed by atoms with van der Waals surface area (Å²) in [4.78, 5) is 9.70. The normalized spacial score (nSPS) is 10.7. The van der Waals surface area contributed by atoms with Crippen LogP contribution in [0.4, 0.5) is 5.69 Å². The Morgan fingerprint density at radius 2 is 2.19 bits per heavy atom. The largest absolute Gasteiger partial charge is 0.494 e. The summed E-state index contributed by atoms with van der Waals surface area (Å²) in [6.07, 6.45) is 1.73. The molecule has 0 aliphatic rings. The summed E-state index contributed by atoms with van der Waals surface area (Å²) < 4.78 is 10.6. The van der Waals surface area contributed by atoms with Gasteiger partial charge in [0.1, 0.15) is 11.3 Å². The number of aromatic nitrogens is 3. The van der Waals surface area contributed by atoms with Gasteiger partial charge in [0, 0.05) is 17.3 Å². The number of ether oxygens (including phenoxy) is 1. The average Bonchev–Trinajstić information content (AvgIpc) is 3.38. The Balaban J connectivity index is 1.44. The molecule has 0 aliphatic heterocycles.